The normalized spacial score (nSPS) is 16.3. The lowest BCUT2D eigenvalue weighted by molar-refractivity contribution is 0.0443. The summed E-state index contributed by atoms with van der Waals surface area (Å²) in [4.78, 5) is 15.1. The monoisotopic (exact) mass is 627 g/mol. The highest BCUT2D eigenvalue weighted by Crippen LogP contribution is 2.43. The first-order chi connectivity index (χ1) is 22.3. The summed E-state index contributed by atoms with van der Waals surface area (Å²) in [6.07, 6.45) is 0.115. The number of fused-ring (bicyclic) bond motifs is 1. The maximum atomic E-state index is 13.5. The zero-order valence-corrected chi connectivity index (χ0v) is 27.7. The van der Waals surface area contributed by atoms with Crippen molar-refractivity contribution >= 4 is 36.2 Å². The summed E-state index contributed by atoms with van der Waals surface area (Å²) >= 11 is 0. The van der Waals surface area contributed by atoms with E-state index in [9.17, 15) is 9.90 Å². The van der Waals surface area contributed by atoms with Crippen LogP contribution in [-0.4, -0.2) is 26.1 Å². The zero-order valence-electron chi connectivity index (χ0n) is 26.7. The summed E-state index contributed by atoms with van der Waals surface area (Å²) in [6.45, 7) is 6.90. The molecule has 46 heavy (non-hydrogen) atoms. The van der Waals surface area contributed by atoms with Crippen LogP contribution in [0.1, 0.15) is 44.4 Å². The molecule has 0 fully saturated rings. The molecule has 1 aliphatic carbocycles. The predicted molar refractivity (Wildman–Crippen MR) is 188 cm³/mol. The second-order valence-electron chi connectivity index (χ2n) is 12.9. The largest absolute Gasteiger partial charge is 0.534 e. The SMILES string of the molecule is CC(C)(C)[Si](Oc1cccc2c1CC[C@H](COC(=O)N(c1ccccc1)c1ccccc1)[C@@H]2O)(c1ccccc1)c1ccccc1. The standard InChI is InChI=1S/C40H41NO4Si/c1-40(2,3)46(33-21-12-6-13-22-33,34-23-14-7-15-24-34)45-37-26-16-25-36-35(37)28-27-30(38(36)42)29-44-39(43)41(31-17-8-4-9-18-31)32-19-10-5-11-20-32/h4-26,30,38,42H,27-29H2,1-3H3/t30-,38+/m1/s1. The Morgan fingerprint density at radius 3 is 1.74 bits per heavy atom. The Balaban J connectivity index is 1.27. The van der Waals surface area contributed by atoms with Gasteiger partial charge in [0.1, 0.15) is 5.75 Å². The molecule has 1 aliphatic rings. The molecule has 6 rings (SSSR count). The van der Waals surface area contributed by atoms with Gasteiger partial charge in [-0.3, -0.25) is 0 Å². The molecule has 0 aliphatic heterocycles. The number of aliphatic hydroxyl groups excluding tert-OH is 1. The van der Waals surface area contributed by atoms with Gasteiger partial charge in [0.25, 0.3) is 0 Å². The minimum Gasteiger partial charge on any atom is -0.534 e. The molecule has 0 aromatic heterocycles. The summed E-state index contributed by atoms with van der Waals surface area (Å²) in [7, 11) is -2.85. The van der Waals surface area contributed by atoms with Crippen LogP contribution in [0.4, 0.5) is 16.2 Å². The van der Waals surface area contributed by atoms with Crippen LogP contribution in [0.5, 0.6) is 5.75 Å². The van der Waals surface area contributed by atoms with Gasteiger partial charge in [-0.05, 0) is 69.7 Å². The Morgan fingerprint density at radius 2 is 1.24 bits per heavy atom. The average molecular weight is 628 g/mol. The van der Waals surface area contributed by atoms with E-state index >= 15 is 0 Å². The van der Waals surface area contributed by atoms with Gasteiger partial charge < -0.3 is 14.3 Å². The van der Waals surface area contributed by atoms with E-state index in [-0.39, 0.29) is 17.6 Å². The van der Waals surface area contributed by atoms with Crippen LogP contribution in [-0.2, 0) is 11.2 Å². The molecule has 234 valence electrons. The maximum Gasteiger partial charge on any atom is 0.418 e. The van der Waals surface area contributed by atoms with Crippen LogP contribution in [0.15, 0.2) is 140 Å². The van der Waals surface area contributed by atoms with Crippen LogP contribution in [0.2, 0.25) is 5.04 Å². The molecule has 5 nitrogen and oxygen atoms in total. The van der Waals surface area contributed by atoms with Crippen LogP contribution < -0.4 is 19.7 Å². The fourth-order valence-electron chi connectivity index (χ4n) is 6.71. The van der Waals surface area contributed by atoms with E-state index in [0.29, 0.717) is 12.8 Å². The number of carbonyl (C=O) groups is 1. The number of hydrogen-bond donors (Lipinski definition) is 1. The summed E-state index contributed by atoms with van der Waals surface area (Å²) in [6, 6.07) is 46.1. The average Bonchev–Trinajstić information content (AvgIpc) is 3.08. The Labute approximate surface area is 273 Å². The number of para-hydroxylation sites is 2. The van der Waals surface area contributed by atoms with E-state index in [2.05, 4.69) is 69.3 Å². The number of nitrogens with zero attached hydrogens (tertiary/aromatic N) is 1. The van der Waals surface area contributed by atoms with Gasteiger partial charge >= 0.3 is 14.4 Å². The summed E-state index contributed by atoms with van der Waals surface area (Å²) in [5.41, 5.74) is 3.31. The highest BCUT2D eigenvalue weighted by molar-refractivity contribution is 7.00. The number of amides is 1. The van der Waals surface area contributed by atoms with Crippen molar-refractivity contribution in [3.05, 3.63) is 151 Å². The first kappa shape index (κ1) is 31.3. The van der Waals surface area contributed by atoms with E-state index in [1.807, 2.05) is 91.0 Å². The number of benzene rings is 5. The Morgan fingerprint density at radius 1 is 0.739 bits per heavy atom. The van der Waals surface area contributed by atoms with Crippen LogP contribution >= 0.6 is 0 Å². The fraction of sp³-hybridized carbons (Fsp3) is 0.225. The third-order valence-corrected chi connectivity index (χ3v) is 13.9. The molecule has 2 atom stereocenters. The molecule has 0 radical (unpaired) electrons. The number of anilines is 2. The van der Waals surface area contributed by atoms with Crippen molar-refractivity contribution in [2.75, 3.05) is 11.5 Å². The fourth-order valence-corrected chi connectivity index (χ4v) is 11.2. The molecule has 1 amide bonds. The summed E-state index contributed by atoms with van der Waals surface area (Å²) in [5, 5.41) is 13.9. The Bertz CT molecular complexity index is 1660. The van der Waals surface area contributed by atoms with Gasteiger partial charge in [-0.15, -0.1) is 0 Å². The van der Waals surface area contributed by atoms with Gasteiger partial charge in [-0.2, -0.15) is 0 Å². The van der Waals surface area contributed by atoms with Crippen molar-refractivity contribution < 1.29 is 19.1 Å². The lowest BCUT2D eigenvalue weighted by atomic mass is 9.81. The Kier molecular flexibility index (Phi) is 9.11. The van der Waals surface area contributed by atoms with Crippen molar-refractivity contribution in [2.45, 2.75) is 44.8 Å². The highest BCUT2D eigenvalue weighted by atomic mass is 28.4. The van der Waals surface area contributed by atoms with Crippen molar-refractivity contribution in [3.63, 3.8) is 0 Å². The van der Waals surface area contributed by atoms with Crippen LogP contribution in [0.25, 0.3) is 0 Å². The second kappa shape index (κ2) is 13.4. The van der Waals surface area contributed by atoms with Crippen molar-refractivity contribution in [1.29, 1.82) is 0 Å². The molecular formula is C40H41NO4Si. The maximum absolute atomic E-state index is 13.5. The van der Waals surface area contributed by atoms with E-state index in [0.717, 1.165) is 28.3 Å². The van der Waals surface area contributed by atoms with Gasteiger partial charge in [-0.25, -0.2) is 9.69 Å². The minimum absolute atomic E-state index is 0.107. The van der Waals surface area contributed by atoms with Gasteiger partial charge in [0.15, 0.2) is 0 Å². The van der Waals surface area contributed by atoms with Crippen molar-refractivity contribution in [1.82, 2.24) is 0 Å². The number of hydrogen-bond acceptors (Lipinski definition) is 4. The molecule has 5 aromatic rings. The summed E-state index contributed by atoms with van der Waals surface area (Å²) < 4.78 is 13.3. The molecule has 5 aromatic carbocycles. The van der Waals surface area contributed by atoms with Crippen molar-refractivity contribution in [3.8, 4) is 5.75 Å². The molecule has 6 heteroatoms. The quantitative estimate of drug-likeness (QED) is 0.176. The minimum atomic E-state index is -2.85. The van der Waals surface area contributed by atoms with E-state index in [4.69, 9.17) is 9.16 Å². The number of carbonyl (C=O) groups excluding carboxylic acids is 1. The molecule has 1 N–H and O–H groups in total. The smallest absolute Gasteiger partial charge is 0.418 e. The molecule has 0 saturated heterocycles. The van der Waals surface area contributed by atoms with E-state index in [1.54, 1.807) is 4.90 Å². The highest BCUT2D eigenvalue weighted by Gasteiger charge is 2.52. The van der Waals surface area contributed by atoms with Gasteiger partial charge in [0.05, 0.1) is 24.1 Å². The number of rotatable bonds is 8. The van der Waals surface area contributed by atoms with Gasteiger partial charge in [0.2, 0.25) is 0 Å². The van der Waals surface area contributed by atoms with E-state index < -0.39 is 20.5 Å². The third kappa shape index (κ3) is 6.11. The predicted octanol–water partition coefficient (Wildman–Crippen LogP) is 8.20. The van der Waals surface area contributed by atoms with Crippen LogP contribution in [0, 0.1) is 5.92 Å². The first-order valence-electron chi connectivity index (χ1n) is 16.0. The molecular weight excluding hydrogens is 587 g/mol. The molecule has 0 heterocycles. The topological polar surface area (TPSA) is 59.0 Å². The first-order valence-corrected chi connectivity index (χ1v) is 17.9. The van der Waals surface area contributed by atoms with Crippen molar-refractivity contribution in [2.24, 2.45) is 5.92 Å². The summed E-state index contributed by atoms with van der Waals surface area (Å²) in [5.74, 6) is 0.577. The third-order valence-electron chi connectivity index (χ3n) is 9.01. The van der Waals surface area contributed by atoms with Gasteiger partial charge in [0, 0.05) is 5.92 Å². The van der Waals surface area contributed by atoms with Gasteiger partial charge in [-0.1, -0.05) is 130 Å². The van der Waals surface area contributed by atoms with E-state index in [1.165, 1.54) is 10.4 Å². The Hall–Kier alpha value is -4.65. The zero-order chi connectivity index (χ0) is 32.1. The molecule has 0 spiro atoms. The lowest BCUT2D eigenvalue weighted by Crippen LogP contribution is -2.69. The number of aliphatic hydroxyl groups is 1. The van der Waals surface area contributed by atoms with Crippen LogP contribution in [0.3, 0.4) is 0 Å². The molecule has 0 bridgehead atoms. The lowest BCUT2D eigenvalue weighted by Gasteiger charge is -2.44. The second-order valence-corrected chi connectivity index (χ2v) is 17.1. The number of ether oxygens (including phenoxy) is 1. The molecule has 0 saturated carbocycles. The molecule has 0 unspecified atom stereocenters.